The van der Waals surface area contributed by atoms with Crippen molar-refractivity contribution in [2.45, 2.75) is 32.7 Å². The molecule has 0 atom stereocenters. The third kappa shape index (κ3) is 2.68. The number of nitrogens with zero attached hydrogens (tertiary/aromatic N) is 3. The lowest BCUT2D eigenvalue weighted by Crippen LogP contribution is -2.36. The second kappa shape index (κ2) is 6.11. The normalized spacial score (nSPS) is 14.0. The highest BCUT2D eigenvalue weighted by Gasteiger charge is 2.20. The third-order valence-corrected chi connectivity index (χ3v) is 4.89. The molecule has 0 saturated heterocycles. The van der Waals surface area contributed by atoms with Crippen LogP contribution in [-0.2, 0) is 24.2 Å². The Balaban J connectivity index is 1.46. The molecule has 1 aliphatic rings. The van der Waals surface area contributed by atoms with Crippen molar-refractivity contribution >= 4 is 11.6 Å². The predicted molar refractivity (Wildman–Crippen MR) is 93.8 cm³/mol. The molecule has 0 spiro atoms. The minimum atomic E-state index is 0.231. The van der Waals surface area contributed by atoms with Gasteiger partial charge in [0.2, 0.25) is 5.91 Å². The smallest absolute Gasteiger partial charge is 0.223 e. The number of aryl methyl sites for hydroxylation is 2. The van der Waals surface area contributed by atoms with Gasteiger partial charge in [0.15, 0.2) is 0 Å². The summed E-state index contributed by atoms with van der Waals surface area (Å²) in [6.45, 7) is 3.58. The first-order valence-corrected chi connectivity index (χ1v) is 8.49. The summed E-state index contributed by atoms with van der Waals surface area (Å²) in [5, 5.41) is 0. The summed E-state index contributed by atoms with van der Waals surface area (Å²) in [6.07, 6.45) is 4.24. The molecule has 0 fully saturated rings. The van der Waals surface area contributed by atoms with Crippen LogP contribution in [0.15, 0.2) is 48.7 Å². The summed E-state index contributed by atoms with van der Waals surface area (Å²) < 4.78 is 2.09. The van der Waals surface area contributed by atoms with Crippen LogP contribution in [0.1, 0.15) is 28.9 Å². The highest BCUT2D eigenvalue weighted by molar-refractivity contribution is 5.76. The maximum absolute atomic E-state index is 12.6. The van der Waals surface area contributed by atoms with E-state index in [1.807, 2.05) is 36.2 Å². The van der Waals surface area contributed by atoms with Gasteiger partial charge >= 0.3 is 0 Å². The van der Waals surface area contributed by atoms with Gasteiger partial charge in [-0.05, 0) is 43.0 Å². The Morgan fingerprint density at radius 1 is 1.12 bits per heavy atom. The molecule has 0 radical (unpaired) electrons. The maximum Gasteiger partial charge on any atom is 0.223 e. The van der Waals surface area contributed by atoms with E-state index >= 15 is 0 Å². The van der Waals surface area contributed by atoms with Crippen LogP contribution in [-0.4, -0.2) is 26.7 Å². The van der Waals surface area contributed by atoms with Crippen molar-refractivity contribution in [2.75, 3.05) is 6.54 Å². The summed E-state index contributed by atoms with van der Waals surface area (Å²) in [4.78, 5) is 19.2. The first-order valence-electron chi connectivity index (χ1n) is 8.49. The van der Waals surface area contributed by atoms with Gasteiger partial charge in [-0.2, -0.15) is 0 Å². The molecule has 0 unspecified atom stereocenters. The number of carbonyl (C=O) groups is 1. The van der Waals surface area contributed by atoms with Crippen LogP contribution >= 0.6 is 0 Å². The number of fused-ring (bicyclic) bond motifs is 2. The van der Waals surface area contributed by atoms with E-state index in [2.05, 4.69) is 33.7 Å². The van der Waals surface area contributed by atoms with E-state index in [1.165, 1.54) is 11.1 Å². The van der Waals surface area contributed by atoms with Crippen molar-refractivity contribution in [1.29, 1.82) is 0 Å². The van der Waals surface area contributed by atoms with E-state index < -0.39 is 0 Å². The van der Waals surface area contributed by atoms with E-state index in [-0.39, 0.29) is 5.91 Å². The zero-order chi connectivity index (χ0) is 16.5. The lowest BCUT2D eigenvalue weighted by molar-refractivity contribution is -0.132. The number of pyridine rings is 1. The zero-order valence-corrected chi connectivity index (χ0v) is 13.9. The molecule has 0 saturated carbocycles. The average molecular weight is 319 g/mol. The lowest BCUT2D eigenvalue weighted by Gasteiger charge is -2.29. The van der Waals surface area contributed by atoms with Crippen LogP contribution < -0.4 is 0 Å². The molecular formula is C20H21N3O. The Hall–Kier alpha value is -2.62. The molecule has 0 bridgehead atoms. The van der Waals surface area contributed by atoms with Crippen LogP contribution in [0.5, 0.6) is 0 Å². The molecule has 4 rings (SSSR count). The number of hydrogen-bond acceptors (Lipinski definition) is 2. The fraction of sp³-hybridized carbons (Fsp3) is 0.300. The van der Waals surface area contributed by atoms with Crippen LogP contribution in [0, 0.1) is 6.92 Å². The molecule has 4 heteroatoms. The molecule has 4 nitrogen and oxygen atoms in total. The number of hydrogen-bond donors (Lipinski definition) is 0. The average Bonchev–Trinajstić information content (AvgIpc) is 2.94. The first-order chi connectivity index (χ1) is 11.7. The number of imidazole rings is 1. The predicted octanol–water partition coefficient (Wildman–Crippen LogP) is 3.16. The van der Waals surface area contributed by atoms with Crippen molar-refractivity contribution in [3.8, 4) is 0 Å². The SMILES string of the molecule is Cc1nc2ccccn2c1CCC(=O)N1CCc2ccccc2C1. The molecule has 1 aromatic carbocycles. The van der Waals surface area contributed by atoms with E-state index in [0.29, 0.717) is 6.42 Å². The van der Waals surface area contributed by atoms with E-state index in [0.717, 1.165) is 43.0 Å². The van der Waals surface area contributed by atoms with Gasteiger partial charge in [0.25, 0.3) is 0 Å². The zero-order valence-electron chi connectivity index (χ0n) is 13.9. The fourth-order valence-electron chi connectivity index (χ4n) is 3.56. The van der Waals surface area contributed by atoms with Gasteiger partial charge in [-0.1, -0.05) is 30.3 Å². The van der Waals surface area contributed by atoms with Crippen LogP contribution in [0.25, 0.3) is 5.65 Å². The number of carbonyl (C=O) groups excluding carboxylic acids is 1. The minimum Gasteiger partial charge on any atom is -0.338 e. The molecular weight excluding hydrogens is 298 g/mol. The van der Waals surface area contributed by atoms with Crippen molar-refractivity contribution in [2.24, 2.45) is 0 Å². The molecule has 0 N–H and O–H groups in total. The van der Waals surface area contributed by atoms with Crippen molar-refractivity contribution in [3.63, 3.8) is 0 Å². The van der Waals surface area contributed by atoms with Gasteiger partial charge in [-0.15, -0.1) is 0 Å². The number of rotatable bonds is 3. The molecule has 1 amide bonds. The molecule has 1 aliphatic heterocycles. The molecule has 3 aromatic rings. The highest BCUT2D eigenvalue weighted by atomic mass is 16.2. The molecule has 0 aliphatic carbocycles. The van der Waals surface area contributed by atoms with Gasteiger partial charge in [-0.3, -0.25) is 4.79 Å². The third-order valence-electron chi connectivity index (χ3n) is 4.89. The maximum atomic E-state index is 12.6. The van der Waals surface area contributed by atoms with E-state index in [1.54, 1.807) is 0 Å². The van der Waals surface area contributed by atoms with Crippen LogP contribution in [0.3, 0.4) is 0 Å². The van der Waals surface area contributed by atoms with Gasteiger partial charge in [0.1, 0.15) is 5.65 Å². The number of benzene rings is 1. The quantitative estimate of drug-likeness (QED) is 0.744. The van der Waals surface area contributed by atoms with Crippen molar-refractivity contribution in [3.05, 3.63) is 71.2 Å². The van der Waals surface area contributed by atoms with Crippen molar-refractivity contribution < 1.29 is 4.79 Å². The second-order valence-electron chi connectivity index (χ2n) is 6.41. The lowest BCUT2D eigenvalue weighted by atomic mass is 9.99. The summed E-state index contributed by atoms with van der Waals surface area (Å²) in [5.74, 6) is 0.231. The Kier molecular flexibility index (Phi) is 3.81. The summed E-state index contributed by atoms with van der Waals surface area (Å²) in [5.41, 5.74) is 5.75. The Bertz CT molecular complexity index is 897. The largest absolute Gasteiger partial charge is 0.338 e. The summed E-state index contributed by atoms with van der Waals surface area (Å²) in [6, 6.07) is 14.4. The van der Waals surface area contributed by atoms with Gasteiger partial charge < -0.3 is 9.30 Å². The van der Waals surface area contributed by atoms with Crippen molar-refractivity contribution in [1.82, 2.24) is 14.3 Å². The Morgan fingerprint density at radius 3 is 2.79 bits per heavy atom. The molecule has 3 heterocycles. The van der Waals surface area contributed by atoms with Crippen LogP contribution in [0.4, 0.5) is 0 Å². The van der Waals surface area contributed by atoms with Gasteiger partial charge in [0, 0.05) is 31.4 Å². The number of aromatic nitrogens is 2. The Morgan fingerprint density at radius 2 is 1.92 bits per heavy atom. The fourth-order valence-corrected chi connectivity index (χ4v) is 3.56. The number of amides is 1. The van der Waals surface area contributed by atoms with Gasteiger partial charge in [-0.25, -0.2) is 4.98 Å². The minimum absolute atomic E-state index is 0.231. The first kappa shape index (κ1) is 14.9. The Labute approximate surface area is 141 Å². The molecule has 2 aromatic heterocycles. The summed E-state index contributed by atoms with van der Waals surface area (Å²) in [7, 11) is 0. The molecule has 24 heavy (non-hydrogen) atoms. The second-order valence-corrected chi connectivity index (χ2v) is 6.41. The van der Waals surface area contributed by atoms with Crippen LogP contribution in [0.2, 0.25) is 0 Å². The molecule has 122 valence electrons. The standard InChI is InChI=1S/C20H21N3O/c1-15-18(23-12-5-4-8-19(23)21-15)9-10-20(24)22-13-11-16-6-2-3-7-17(16)14-22/h2-8,12H,9-11,13-14H2,1H3. The monoisotopic (exact) mass is 319 g/mol. The summed E-state index contributed by atoms with van der Waals surface area (Å²) >= 11 is 0. The van der Waals surface area contributed by atoms with E-state index in [9.17, 15) is 4.79 Å². The topological polar surface area (TPSA) is 37.6 Å². The van der Waals surface area contributed by atoms with E-state index in [4.69, 9.17) is 0 Å². The van der Waals surface area contributed by atoms with Gasteiger partial charge in [0.05, 0.1) is 5.69 Å². The highest BCUT2D eigenvalue weighted by Crippen LogP contribution is 2.20.